The molecule has 0 saturated heterocycles. The van der Waals surface area contributed by atoms with Gasteiger partial charge in [-0.15, -0.1) is 11.3 Å². The van der Waals surface area contributed by atoms with Crippen LogP contribution in [0, 0.1) is 20.8 Å². The standard InChI is InChI=1S/C21H22N2O5S/c1-6-27-21(26)16-12(4)15-18(24)22-17(23-19(15)29-16)13(5)28-20(25)14-8-7-10(2)9-11(14)3/h7-9,13H,6H2,1-5H3,(H,22,23,24)/t13-/m0/s1. The van der Waals surface area contributed by atoms with E-state index in [1.807, 2.05) is 26.0 Å². The Kier molecular flexibility index (Phi) is 5.83. The molecule has 0 amide bonds. The first-order chi connectivity index (χ1) is 13.7. The highest BCUT2D eigenvalue weighted by atomic mass is 32.1. The van der Waals surface area contributed by atoms with Crippen LogP contribution in [0.15, 0.2) is 23.0 Å². The molecule has 3 aromatic rings. The van der Waals surface area contributed by atoms with Crippen LogP contribution in [0.1, 0.15) is 62.5 Å². The molecule has 0 bridgehead atoms. The smallest absolute Gasteiger partial charge is 0.348 e. The molecule has 8 heteroatoms. The van der Waals surface area contributed by atoms with E-state index in [0.717, 1.165) is 22.5 Å². The number of aromatic nitrogens is 2. The molecule has 1 aromatic carbocycles. The zero-order valence-corrected chi connectivity index (χ0v) is 17.7. The molecule has 0 spiro atoms. The number of hydrogen-bond acceptors (Lipinski definition) is 7. The number of aryl methyl sites for hydroxylation is 3. The maximum atomic E-state index is 12.6. The van der Waals surface area contributed by atoms with Crippen molar-refractivity contribution in [2.45, 2.75) is 40.7 Å². The molecule has 0 saturated carbocycles. The first-order valence-electron chi connectivity index (χ1n) is 9.21. The van der Waals surface area contributed by atoms with E-state index in [2.05, 4.69) is 9.97 Å². The van der Waals surface area contributed by atoms with Crippen LogP contribution in [0.5, 0.6) is 0 Å². The Hall–Kier alpha value is -3.00. The molecule has 2 heterocycles. The topological polar surface area (TPSA) is 98.3 Å². The van der Waals surface area contributed by atoms with E-state index in [-0.39, 0.29) is 18.0 Å². The minimum Gasteiger partial charge on any atom is -0.462 e. The summed E-state index contributed by atoms with van der Waals surface area (Å²) >= 11 is 1.09. The number of carbonyl (C=O) groups excluding carboxylic acids is 2. The molecule has 152 valence electrons. The number of nitrogens with zero attached hydrogens (tertiary/aromatic N) is 1. The quantitative estimate of drug-likeness (QED) is 0.634. The summed E-state index contributed by atoms with van der Waals surface area (Å²) < 4.78 is 10.6. The number of ether oxygens (including phenoxy) is 2. The third-order valence-corrected chi connectivity index (χ3v) is 5.72. The SMILES string of the molecule is CCOC(=O)c1sc2nc([C@H](C)OC(=O)c3ccc(C)cc3C)[nH]c(=O)c2c1C. The Balaban J connectivity index is 1.92. The van der Waals surface area contributed by atoms with Gasteiger partial charge >= 0.3 is 11.9 Å². The second-order valence-electron chi connectivity index (χ2n) is 6.77. The molecule has 2 aromatic heterocycles. The predicted octanol–water partition coefficient (Wildman–Crippen LogP) is 4.00. The number of nitrogens with one attached hydrogen (secondary N) is 1. The Morgan fingerprint density at radius 3 is 2.59 bits per heavy atom. The van der Waals surface area contributed by atoms with Crippen LogP contribution >= 0.6 is 11.3 Å². The van der Waals surface area contributed by atoms with E-state index in [1.165, 1.54) is 0 Å². The van der Waals surface area contributed by atoms with Crippen molar-refractivity contribution >= 4 is 33.5 Å². The van der Waals surface area contributed by atoms with Gasteiger partial charge in [0.05, 0.1) is 17.6 Å². The summed E-state index contributed by atoms with van der Waals surface area (Å²) in [5.41, 5.74) is 2.47. The van der Waals surface area contributed by atoms with Crippen molar-refractivity contribution in [1.29, 1.82) is 0 Å². The van der Waals surface area contributed by atoms with E-state index < -0.39 is 18.0 Å². The van der Waals surface area contributed by atoms with Crippen LogP contribution in [0.25, 0.3) is 10.2 Å². The van der Waals surface area contributed by atoms with Gasteiger partial charge in [0.25, 0.3) is 5.56 Å². The Bertz CT molecular complexity index is 1160. The highest BCUT2D eigenvalue weighted by Gasteiger charge is 2.23. The molecule has 7 nitrogen and oxygen atoms in total. The van der Waals surface area contributed by atoms with Crippen molar-refractivity contribution in [3.05, 3.63) is 61.5 Å². The van der Waals surface area contributed by atoms with E-state index in [0.29, 0.717) is 26.2 Å². The minimum atomic E-state index is -0.770. The second kappa shape index (κ2) is 8.16. The minimum absolute atomic E-state index is 0.220. The zero-order valence-electron chi connectivity index (χ0n) is 16.9. The average molecular weight is 414 g/mol. The van der Waals surface area contributed by atoms with Gasteiger partial charge in [0.1, 0.15) is 9.71 Å². The number of carbonyl (C=O) groups is 2. The van der Waals surface area contributed by atoms with Crippen LogP contribution in [-0.2, 0) is 9.47 Å². The van der Waals surface area contributed by atoms with Crippen molar-refractivity contribution in [3.8, 4) is 0 Å². The molecule has 0 unspecified atom stereocenters. The van der Waals surface area contributed by atoms with Gasteiger partial charge in [0.15, 0.2) is 11.9 Å². The molecule has 0 radical (unpaired) electrons. The summed E-state index contributed by atoms with van der Waals surface area (Å²) in [5, 5.41) is 0.342. The number of hydrogen-bond donors (Lipinski definition) is 1. The summed E-state index contributed by atoms with van der Waals surface area (Å²) in [5.74, 6) is -0.757. The molecule has 29 heavy (non-hydrogen) atoms. The number of aromatic amines is 1. The number of thiophene rings is 1. The van der Waals surface area contributed by atoms with Gasteiger partial charge in [-0.3, -0.25) is 4.79 Å². The summed E-state index contributed by atoms with van der Waals surface area (Å²) in [4.78, 5) is 45.0. The molecule has 3 rings (SSSR count). The molecule has 0 aliphatic heterocycles. The second-order valence-corrected chi connectivity index (χ2v) is 7.77. The van der Waals surface area contributed by atoms with Crippen molar-refractivity contribution in [2.75, 3.05) is 6.61 Å². The number of fused-ring (bicyclic) bond motifs is 1. The van der Waals surface area contributed by atoms with Crippen molar-refractivity contribution in [2.24, 2.45) is 0 Å². The number of esters is 2. The molecule has 1 N–H and O–H groups in total. The summed E-state index contributed by atoms with van der Waals surface area (Å²) in [6, 6.07) is 5.46. The molecule has 0 aliphatic carbocycles. The van der Waals surface area contributed by atoms with Gasteiger partial charge in [-0.1, -0.05) is 17.7 Å². The molecule has 1 atom stereocenters. The van der Waals surface area contributed by atoms with Crippen molar-refractivity contribution in [1.82, 2.24) is 9.97 Å². The monoisotopic (exact) mass is 414 g/mol. The van der Waals surface area contributed by atoms with Crippen LogP contribution in [0.2, 0.25) is 0 Å². The van der Waals surface area contributed by atoms with Gasteiger partial charge in [-0.25, -0.2) is 14.6 Å². The van der Waals surface area contributed by atoms with Crippen LogP contribution in [0.3, 0.4) is 0 Å². The average Bonchev–Trinajstić information content (AvgIpc) is 2.99. The molecule has 0 fully saturated rings. The summed E-state index contributed by atoms with van der Waals surface area (Å²) in [7, 11) is 0. The fourth-order valence-corrected chi connectivity index (χ4v) is 4.15. The van der Waals surface area contributed by atoms with Crippen LogP contribution < -0.4 is 5.56 Å². The Morgan fingerprint density at radius 2 is 1.93 bits per heavy atom. The molecule has 0 aliphatic rings. The summed E-state index contributed by atoms with van der Waals surface area (Å²) in [6.07, 6.45) is -0.770. The van der Waals surface area contributed by atoms with Gasteiger partial charge in [-0.2, -0.15) is 0 Å². The van der Waals surface area contributed by atoms with E-state index in [4.69, 9.17) is 9.47 Å². The lowest BCUT2D eigenvalue weighted by Gasteiger charge is -2.14. The first kappa shape index (κ1) is 20.7. The van der Waals surface area contributed by atoms with Gasteiger partial charge in [0.2, 0.25) is 0 Å². The lowest BCUT2D eigenvalue weighted by atomic mass is 10.1. The van der Waals surface area contributed by atoms with E-state index >= 15 is 0 Å². The molecular weight excluding hydrogens is 392 g/mol. The van der Waals surface area contributed by atoms with Gasteiger partial charge < -0.3 is 14.5 Å². The van der Waals surface area contributed by atoms with Crippen LogP contribution in [-0.4, -0.2) is 28.5 Å². The van der Waals surface area contributed by atoms with E-state index in [1.54, 1.807) is 26.8 Å². The Morgan fingerprint density at radius 1 is 1.21 bits per heavy atom. The van der Waals surface area contributed by atoms with Crippen LogP contribution in [0.4, 0.5) is 0 Å². The van der Waals surface area contributed by atoms with E-state index in [9.17, 15) is 14.4 Å². The summed E-state index contributed by atoms with van der Waals surface area (Å²) in [6.45, 7) is 9.07. The lowest BCUT2D eigenvalue weighted by molar-refractivity contribution is 0.0319. The maximum absolute atomic E-state index is 12.6. The highest BCUT2D eigenvalue weighted by molar-refractivity contribution is 7.20. The first-order valence-corrected chi connectivity index (χ1v) is 10.0. The van der Waals surface area contributed by atoms with Gasteiger partial charge in [-0.05, 0) is 51.8 Å². The normalized spacial score (nSPS) is 12.0. The maximum Gasteiger partial charge on any atom is 0.348 e. The Labute approximate surface area is 171 Å². The third kappa shape index (κ3) is 4.07. The lowest BCUT2D eigenvalue weighted by Crippen LogP contribution is -2.17. The van der Waals surface area contributed by atoms with Gasteiger partial charge in [0, 0.05) is 0 Å². The number of rotatable bonds is 5. The zero-order chi connectivity index (χ0) is 21.3. The molecular formula is C21H22N2O5S. The third-order valence-electron chi connectivity index (χ3n) is 4.55. The fraction of sp³-hybridized carbons (Fsp3) is 0.333. The fourth-order valence-electron chi connectivity index (χ4n) is 3.07. The highest BCUT2D eigenvalue weighted by Crippen LogP contribution is 2.29. The number of H-pyrrole nitrogens is 1. The predicted molar refractivity (Wildman–Crippen MR) is 111 cm³/mol. The van der Waals surface area contributed by atoms with Crippen molar-refractivity contribution < 1.29 is 19.1 Å². The number of benzene rings is 1. The largest absolute Gasteiger partial charge is 0.462 e. The van der Waals surface area contributed by atoms with Crippen molar-refractivity contribution in [3.63, 3.8) is 0 Å².